The molecule has 1 atom stereocenters. The lowest BCUT2D eigenvalue weighted by atomic mass is 9.97. The summed E-state index contributed by atoms with van der Waals surface area (Å²) in [5.74, 6) is 1.94. The van der Waals surface area contributed by atoms with Crippen molar-refractivity contribution in [1.82, 2.24) is 49.7 Å². The molecule has 1 fully saturated rings. The van der Waals surface area contributed by atoms with Crippen molar-refractivity contribution in [2.45, 2.75) is 31.8 Å². The number of aromatic nitrogens is 9. The Labute approximate surface area is 149 Å². The zero-order valence-corrected chi connectivity index (χ0v) is 14.5. The zero-order chi connectivity index (χ0) is 17.9. The van der Waals surface area contributed by atoms with Gasteiger partial charge in [-0.1, -0.05) is 0 Å². The maximum atomic E-state index is 12.5. The van der Waals surface area contributed by atoms with E-state index in [2.05, 4.69) is 30.8 Å². The molecule has 26 heavy (non-hydrogen) atoms. The standard InChI is InChI=1S/C15H20N10O/c1-22-13(9-24-7-3-5-17-24)18-19-15(22)12-4-2-6-23(8-12)14(26)10-25-11-16-20-21-25/h3,5,7,11-12H,2,4,6,8-10H2,1H3. The monoisotopic (exact) mass is 356 g/mol. The minimum absolute atomic E-state index is 0.0148. The van der Waals surface area contributed by atoms with E-state index in [0.29, 0.717) is 13.1 Å². The minimum Gasteiger partial charge on any atom is -0.340 e. The lowest BCUT2D eigenvalue weighted by Crippen LogP contribution is -2.41. The van der Waals surface area contributed by atoms with E-state index in [4.69, 9.17) is 0 Å². The van der Waals surface area contributed by atoms with E-state index in [9.17, 15) is 4.79 Å². The van der Waals surface area contributed by atoms with Crippen molar-refractivity contribution in [2.75, 3.05) is 13.1 Å². The lowest BCUT2D eigenvalue weighted by molar-refractivity contribution is -0.133. The van der Waals surface area contributed by atoms with Crippen LogP contribution in [0.25, 0.3) is 0 Å². The van der Waals surface area contributed by atoms with E-state index in [-0.39, 0.29) is 18.4 Å². The summed E-state index contributed by atoms with van der Waals surface area (Å²) in [5, 5.41) is 23.8. The fraction of sp³-hybridized carbons (Fsp3) is 0.533. The van der Waals surface area contributed by atoms with Crippen molar-refractivity contribution >= 4 is 5.91 Å². The predicted molar refractivity (Wildman–Crippen MR) is 88.7 cm³/mol. The number of tetrazole rings is 1. The normalized spacial score (nSPS) is 17.6. The Morgan fingerprint density at radius 1 is 1.31 bits per heavy atom. The maximum Gasteiger partial charge on any atom is 0.244 e. The topological polar surface area (TPSA) is 112 Å². The summed E-state index contributed by atoms with van der Waals surface area (Å²) in [7, 11) is 1.97. The summed E-state index contributed by atoms with van der Waals surface area (Å²) in [4.78, 5) is 14.4. The van der Waals surface area contributed by atoms with Crippen LogP contribution in [0.3, 0.4) is 0 Å². The summed E-state index contributed by atoms with van der Waals surface area (Å²) in [6.07, 6.45) is 7.01. The second kappa shape index (κ2) is 7.02. The average molecular weight is 356 g/mol. The molecule has 11 nitrogen and oxygen atoms in total. The quantitative estimate of drug-likeness (QED) is 0.603. The van der Waals surface area contributed by atoms with Crippen molar-refractivity contribution < 1.29 is 4.79 Å². The average Bonchev–Trinajstić information content (AvgIpc) is 3.40. The smallest absolute Gasteiger partial charge is 0.244 e. The molecule has 0 bridgehead atoms. The van der Waals surface area contributed by atoms with Gasteiger partial charge in [-0.2, -0.15) is 5.10 Å². The summed E-state index contributed by atoms with van der Waals surface area (Å²) in [6.45, 7) is 2.11. The highest BCUT2D eigenvalue weighted by molar-refractivity contribution is 5.76. The molecule has 1 saturated heterocycles. The van der Waals surface area contributed by atoms with Gasteiger partial charge in [-0.25, -0.2) is 4.68 Å². The van der Waals surface area contributed by atoms with E-state index in [1.54, 1.807) is 6.20 Å². The first-order valence-electron chi connectivity index (χ1n) is 8.55. The Morgan fingerprint density at radius 2 is 2.23 bits per heavy atom. The second-order valence-corrected chi connectivity index (χ2v) is 6.42. The first kappa shape index (κ1) is 16.4. The summed E-state index contributed by atoms with van der Waals surface area (Å²) in [5.41, 5.74) is 0. The number of carbonyl (C=O) groups excluding carboxylic acids is 1. The van der Waals surface area contributed by atoms with Gasteiger partial charge in [0.15, 0.2) is 5.82 Å². The van der Waals surface area contributed by atoms with E-state index < -0.39 is 0 Å². The van der Waals surface area contributed by atoms with Crippen LogP contribution in [-0.4, -0.2) is 68.6 Å². The largest absolute Gasteiger partial charge is 0.340 e. The van der Waals surface area contributed by atoms with Crippen molar-refractivity contribution in [3.63, 3.8) is 0 Å². The maximum absolute atomic E-state index is 12.5. The molecule has 1 unspecified atom stereocenters. The number of hydrogen-bond acceptors (Lipinski definition) is 7. The van der Waals surface area contributed by atoms with Crippen LogP contribution < -0.4 is 0 Å². The molecular weight excluding hydrogens is 336 g/mol. The lowest BCUT2D eigenvalue weighted by Gasteiger charge is -2.32. The molecule has 4 rings (SSSR count). The molecule has 1 amide bonds. The number of likely N-dealkylation sites (tertiary alicyclic amines) is 1. The van der Waals surface area contributed by atoms with Crippen molar-refractivity contribution in [3.8, 4) is 0 Å². The molecule has 0 saturated carbocycles. The molecule has 4 heterocycles. The highest BCUT2D eigenvalue weighted by Gasteiger charge is 2.28. The van der Waals surface area contributed by atoms with Crippen LogP contribution in [0.15, 0.2) is 24.8 Å². The zero-order valence-electron chi connectivity index (χ0n) is 14.5. The van der Waals surface area contributed by atoms with E-state index in [1.807, 2.05) is 33.5 Å². The van der Waals surface area contributed by atoms with Crippen molar-refractivity contribution in [3.05, 3.63) is 36.4 Å². The van der Waals surface area contributed by atoms with Crippen LogP contribution in [0, 0.1) is 0 Å². The summed E-state index contributed by atoms with van der Waals surface area (Å²) in [6, 6.07) is 1.88. The number of piperidine rings is 1. The third-order valence-corrected chi connectivity index (χ3v) is 4.69. The van der Waals surface area contributed by atoms with E-state index in [0.717, 1.165) is 31.0 Å². The van der Waals surface area contributed by atoms with Gasteiger partial charge in [0.1, 0.15) is 25.2 Å². The molecule has 136 valence electrons. The van der Waals surface area contributed by atoms with Crippen LogP contribution in [0.5, 0.6) is 0 Å². The Balaban J connectivity index is 1.44. The molecular formula is C15H20N10O. The van der Waals surface area contributed by atoms with Gasteiger partial charge in [-0.15, -0.1) is 15.3 Å². The Bertz CT molecular complexity index is 853. The van der Waals surface area contributed by atoms with Crippen molar-refractivity contribution in [2.24, 2.45) is 7.05 Å². The number of amides is 1. The Morgan fingerprint density at radius 3 is 3.00 bits per heavy atom. The first-order valence-corrected chi connectivity index (χ1v) is 8.55. The molecule has 0 radical (unpaired) electrons. The van der Waals surface area contributed by atoms with Crippen LogP contribution in [0.2, 0.25) is 0 Å². The minimum atomic E-state index is 0.0148. The second-order valence-electron chi connectivity index (χ2n) is 6.42. The van der Waals surface area contributed by atoms with Gasteiger partial charge in [0.25, 0.3) is 0 Å². The molecule has 0 aliphatic carbocycles. The molecule has 11 heteroatoms. The highest BCUT2D eigenvalue weighted by atomic mass is 16.2. The SMILES string of the molecule is Cn1c(Cn2cccn2)nnc1C1CCCN(C(=O)Cn2cnnn2)C1. The third-order valence-electron chi connectivity index (χ3n) is 4.69. The van der Waals surface area contributed by atoms with Crippen LogP contribution in [0.1, 0.15) is 30.4 Å². The molecule has 3 aromatic rings. The van der Waals surface area contributed by atoms with Crippen molar-refractivity contribution in [1.29, 1.82) is 0 Å². The van der Waals surface area contributed by atoms with Gasteiger partial charge in [0.05, 0.1) is 0 Å². The van der Waals surface area contributed by atoms with Gasteiger partial charge in [-0.05, 0) is 29.3 Å². The first-order chi connectivity index (χ1) is 12.7. The number of nitrogens with zero attached hydrogens (tertiary/aromatic N) is 10. The molecule has 0 N–H and O–H groups in total. The molecule has 0 aromatic carbocycles. The molecule has 3 aromatic heterocycles. The van der Waals surface area contributed by atoms with Crippen LogP contribution >= 0.6 is 0 Å². The fourth-order valence-corrected chi connectivity index (χ4v) is 3.31. The fourth-order valence-electron chi connectivity index (χ4n) is 3.31. The molecule has 1 aliphatic heterocycles. The number of rotatable bonds is 5. The van der Waals surface area contributed by atoms with Crippen LogP contribution in [-0.2, 0) is 24.9 Å². The summed E-state index contributed by atoms with van der Waals surface area (Å²) < 4.78 is 5.27. The predicted octanol–water partition coefficient (Wildman–Crippen LogP) is -0.547. The van der Waals surface area contributed by atoms with Gasteiger partial charge in [0, 0.05) is 38.4 Å². The van der Waals surface area contributed by atoms with E-state index in [1.165, 1.54) is 11.0 Å². The number of hydrogen-bond donors (Lipinski definition) is 0. The molecule has 1 aliphatic rings. The Kier molecular flexibility index (Phi) is 4.42. The highest BCUT2D eigenvalue weighted by Crippen LogP contribution is 2.26. The van der Waals surface area contributed by atoms with Gasteiger partial charge in [-0.3, -0.25) is 9.48 Å². The number of carbonyl (C=O) groups is 1. The Hall–Kier alpha value is -3.11. The summed E-state index contributed by atoms with van der Waals surface area (Å²) >= 11 is 0. The van der Waals surface area contributed by atoms with Gasteiger partial charge in [0.2, 0.25) is 5.91 Å². The third kappa shape index (κ3) is 3.32. The van der Waals surface area contributed by atoms with Gasteiger partial charge < -0.3 is 9.47 Å². The van der Waals surface area contributed by atoms with Gasteiger partial charge >= 0.3 is 0 Å². The molecule has 0 spiro atoms. The van der Waals surface area contributed by atoms with Crippen LogP contribution in [0.4, 0.5) is 0 Å². The van der Waals surface area contributed by atoms with E-state index >= 15 is 0 Å².